The van der Waals surface area contributed by atoms with Gasteiger partial charge >= 0.3 is 6.09 Å². The molecule has 0 aromatic heterocycles. The van der Waals surface area contributed by atoms with Crippen molar-refractivity contribution in [2.75, 3.05) is 26.2 Å². The van der Waals surface area contributed by atoms with Crippen molar-refractivity contribution in [2.45, 2.75) is 124 Å². The predicted octanol–water partition coefficient (Wildman–Crippen LogP) is 7.80. The fourth-order valence-corrected chi connectivity index (χ4v) is 9.57. The van der Waals surface area contributed by atoms with E-state index in [1.165, 1.54) is 44.9 Å². The second kappa shape index (κ2) is 12.4. The summed E-state index contributed by atoms with van der Waals surface area (Å²) in [5.74, 6) is 2.71. The summed E-state index contributed by atoms with van der Waals surface area (Å²) in [5, 5.41) is 10.2. The number of allylic oxidation sites excluding steroid dienone is 1. The van der Waals surface area contributed by atoms with Crippen LogP contribution in [0.3, 0.4) is 0 Å². The molecule has 7 atom stereocenters. The summed E-state index contributed by atoms with van der Waals surface area (Å²) in [7, 11) is 0. The monoisotopic (exact) mass is 528 g/mol. The quantitative estimate of drug-likeness (QED) is 0.263. The molecule has 3 fully saturated rings. The van der Waals surface area contributed by atoms with Gasteiger partial charge in [0.05, 0.1) is 0 Å². The first-order valence-electron chi connectivity index (χ1n) is 16.1. The van der Waals surface area contributed by atoms with Gasteiger partial charge in [0.25, 0.3) is 0 Å². The van der Waals surface area contributed by atoms with E-state index in [4.69, 9.17) is 0 Å². The molecule has 1 unspecified atom stereocenters. The van der Waals surface area contributed by atoms with Crippen LogP contribution >= 0.6 is 0 Å². The van der Waals surface area contributed by atoms with Crippen LogP contribution in [0.15, 0.2) is 11.6 Å². The normalized spacial score (nSPS) is 36.3. The van der Waals surface area contributed by atoms with E-state index in [1.54, 1.807) is 10.5 Å². The number of hydrogen-bond donors (Lipinski definition) is 1. The first kappa shape index (κ1) is 29.6. The summed E-state index contributed by atoms with van der Waals surface area (Å²) in [4.78, 5) is 29.2. The lowest BCUT2D eigenvalue weighted by Crippen LogP contribution is -2.52. The fourth-order valence-electron chi connectivity index (χ4n) is 9.57. The fraction of sp³-hybridized carbons (Fsp3) is 0.879. The lowest BCUT2D eigenvalue weighted by Gasteiger charge is -2.58. The SMILES string of the molecule is CCCCN(CCCC)CCCN(C(=O)O)C1CC[C@@]2(C)C(=CC[C@H]3[C@@H]4CC[C@H](C(C)=O)[C@@]4(C)CC[C@@H]32)C1. The van der Waals surface area contributed by atoms with Crippen LogP contribution in [-0.4, -0.2) is 59.0 Å². The van der Waals surface area contributed by atoms with Crippen molar-refractivity contribution in [3.8, 4) is 0 Å². The average molecular weight is 529 g/mol. The number of fused-ring (bicyclic) bond motifs is 5. The highest BCUT2D eigenvalue weighted by atomic mass is 16.4. The second-order valence-corrected chi connectivity index (χ2v) is 13.8. The van der Waals surface area contributed by atoms with Crippen molar-refractivity contribution in [3.63, 3.8) is 0 Å². The number of hydrogen-bond acceptors (Lipinski definition) is 3. The summed E-state index contributed by atoms with van der Waals surface area (Å²) in [6, 6.07) is 0.116. The Morgan fingerprint density at radius 3 is 2.24 bits per heavy atom. The largest absolute Gasteiger partial charge is 0.465 e. The Morgan fingerprint density at radius 2 is 1.61 bits per heavy atom. The molecule has 38 heavy (non-hydrogen) atoms. The van der Waals surface area contributed by atoms with Gasteiger partial charge in [0.2, 0.25) is 0 Å². The number of ketones is 1. The Morgan fingerprint density at radius 1 is 0.921 bits per heavy atom. The van der Waals surface area contributed by atoms with Gasteiger partial charge in [0.15, 0.2) is 0 Å². The van der Waals surface area contributed by atoms with E-state index < -0.39 is 6.09 Å². The van der Waals surface area contributed by atoms with Gasteiger partial charge < -0.3 is 14.9 Å². The summed E-state index contributed by atoms with van der Waals surface area (Å²) >= 11 is 0. The van der Waals surface area contributed by atoms with Crippen LogP contribution < -0.4 is 0 Å². The molecule has 5 heteroatoms. The standard InChI is InChI=1S/C33H56N2O3/c1-6-8-19-34(20-9-7-2)21-10-22-35(31(37)38)26-15-17-32(4)25(23-26)11-12-27-29-14-13-28(24(3)36)33(29,5)18-16-30(27)32/h11,26-30H,6-10,12-23H2,1-5H3,(H,37,38)/t26?,27-,28+,29-,30-,32-,33+/m0/s1. The Hall–Kier alpha value is -1.36. The van der Waals surface area contributed by atoms with Crippen molar-refractivity contribution < 1.29 is 14.7 Å². The number of carbonyl (C=O) groups excluding carboxylic acids is 1. The van der Waals surface area contributed by atoms with Gasteiger partial charge in [-0.2, -0.15) is 0 Å². The topological polar surface area (TPSA) is 60.9 Å². The predicted molar refractivity (Wildman–Crippen MR) is 155 cm³/mol. The summed E-state index contributed by atoms with van der Waals surface area (Å²) in [6.07, 6.45) is 16.4. The van der Waals surface area contributed by atoms with Gasteiger partial charge in [0, 0.05) is 18.5 Å². The summed E-state index contributed by atoms with van der Waals surface area (Å²) in [5.41, 5.74) is 1.93. The Kier molecular flexibility index (Phi) is 9.69. The molecule has 0 aromatic carbocycles. The summed E-state index contributed by atoms with van der Waals surface area (Å²) < 4.78 is 0. The van der Waals surface area contributed by atoms with Gasteiger partial charge in [-0.15, -0.1) is 0 Å². The molecule has 0 heterocycles. The Bertz CT molecular complexity index is 862. The molecule has 3 saturated carbocycles. The molecule has 4 rings (SSSR count). The maximum Gasteiger partial charge on any atom is 0.407 e. The second-order valence-electron chi connectivity index (χ2n) is 13.8. The zero-order chi connectivity index (χ0) is 27.5. The molecule has 0 aliphatic heterocycles. The summed E-state index contributed by atoms with van der Waals surface area (Å²) in [6.45, 7) is 15.1. The number of amides is 1. The third kappa shape index (κ3) is 5.74. The van der Waals surface area contributed by atoms with Crippen LogP contribution in [0.5, 0.6) is 0 Å². The van der Waals surface area contributed by atoms with Gasteiger partial charge in [0.1, 0.15) is 5.78 Å². The third-order valence-corrected chi connectivity index (χ3v) is 11.8. The molecule has 1 N–H and O–H groups in total. The molecule has 5 nitrogen and oxygen atoms in total. The van der Waals surface area contributed by atoms with Crippen LogP contribution in [0.1, 0.15) is 118 Å². The van der Waals surface area contributed by atoms with E-state index in [-0.39, 0.29) is 22.8 Å². The lowest BCUT2D eigenvalue weighted by molar-refractivity contribution is -0.127. The van der Waals surface area contributed by atoms with Crippen molar-refractivity contribution in [1.82, 2.24) is 9.80 Å². The van der Waals surface area contributed by atoms with Crippen molar-refractivity contribution in [1.29, 1.82) is 0 Å². The van der Waals surface area contributed by atoms with Crippen LogP contribution in [0.4, 0.5) is 4.79 Å². The Labute approximate surface area is 232 Å². The average Bonchev–Trinajstić information content (AvgIpc) is 3.24. The molecule has 4 aliphatic carbocycles. The molecular weight excluding hydrogens is 472 g/mol. The van der Waals surface area contributed by atoms with E-state index >= 15 is 0 Å². The Balaban J connectivity index is 1.40. The zero-order valence-electron chi connectivity index (χ0n) is 25.1. The maximum absolute atomic E-state index is 12.5. The van der Waals surface area contributed by atoms with Gasteiger partial charge in [-0.3, -0.25) is 4.79 Å². The first-order chi connectivity index (χ1) is 18.2. The number of rotatable bonds is 12. The molecule has 0 aromatic rings. The third-order valence-electron chi connectivity index (χ3n) is 11.8. The van der Waals surface area contributed by atoms with Gasteiger partial charge in [-0.05, 0) is 126 Å². The molecule has 216 valence electrons. The number of nitrogens with zero attached hydrogens (tertiary/aromatic N) is 2. The molecule has 0 bridgehead atoms. The molecule has 0 radical (unpaired) electrons. The van der Waals surface area contributed by atoms with E-state index in [0.717, 1.165) is 58.2 Å². The van der Waals surface area contributed by atoms with Crippen LogP contribution in [0, 0.1) is 34.5 Å². The van der Waals surface area contributed by atoms with Crippen LogP contribution in [0.25, 0.3) is 0 Å². The van der Waals surface area contributed by atoms with Gasteiger partial charge in [-0.25, -0.2) is 4.79 Å². The van der Waals surface area contributed by atoms with E-state index in [0.29, 0.717) is 30.1 Å². The zero-order valence-corrected chi connectivity index (χ0v) is 25.1. The molecule has 0 saturated heterocycles. The first-order valence-corrected chi connectivity index (χ1v) is 16.1. The minimum absolute atomic E-state index is 0.116. The van der Waals surface area contributed by atoms with E-state index in [1.807, 2.05) is 6.92 Å². The lowest BCUT2D eigenvalue weighted by atomic mass is 9.47. The van der Waals surface area contributed by atoms with Crippen LogP contribution in [-0.2, 0) is 4.79 Å². The molecule has 0 spiro atoms. The highest BCUT2D eigenvalue weighted by molar-refractivity contribution is 5.79. The number of unbranched alkanes of at least 4 members (excludes halogenated alkanes) is 2. The number of carbonyl (C=O) groups is 2. The molecular formula is C33H56N2O3. The highest BCUT2D eigenvalue weighted by Crippen LogP contribution is 2.66. The van der Waals surface area contributed by atoms with Crippen LogP contribution in [0.2, 0.25) is 0 Å². The molecule has 1 amide bonds. The minimum Gasteiger partial charge on any atom is -0.465 e. The maximum atomic E-state index is 12.5. The highest BCUT2D eigenvalue weighted by Gasteiger charge is 2.59. The number of carboxylic acid groups (broad SMARTS) is 1. The van der Waals surface area contributed by atoms with Gasteiger partial charge in [-0.1, -0.05) is 52.2 Å². The van der Waals surface area contributed by atoms with E-state index in [2.05, 4.69) is 38.7 Å². The minimum atomic E-state index is -0.740. The smallest absolute Gasteiger partial charge is 0.407 e. The van der Waals surface area contributed by atoms with Crippen molar-refractivity contribution in [2.24, 2.45) is 34.5 Å². The van der Waals surface area contributed by atoms with E-state index in [9.17, 15) is 14.7 Å². The molecule has 4 aliphatic rings. The van der Waals surface area contributed by atoms with Crippen molar-refractivity contribution in [3.05, 3.63) is 11.6 Å². The number of Topliss-reactive ketones (excluding diaryl/α,β-unsaturated/α-hetero) is 1. The van der Waals surface area contributed by atoms with Crippen molar-refractivity contribution >= 4 is 11.9 Å².